The predicted octanol–water partition coefficient (Wildman–Crippen LogP) is 4.75. The van der Waals surface area contributed by atoms with Gasteiger partial charge in [0.05, 0.1) is 7.11 Å². The fourth-order valence-electron chi connectivity index (χ4n) is 2.29. The van der Waals surface area contributed by atoms with Gasteiger partial charge in [0.25, 0.3) is 0 Å². The van der Waals surface area contributed by atoms with Crippen LogP contribution in [0.25, 0.3) is 10.4 Å². The van der Waals surface area contributed by atoms with Crippen molar-refractivity contribution in [1.82, 2.24) is 5.32 Å². The lowest BCUT2D eigenvalue weighted by molar-refractivity contribution is 0.0603. The smallest absolute Gasteiger partial charge is 0.341 e. The number of ether oxygens (including phenoxy) is 1. The number of benzene rings is 1. The number of anilines is 1. The number of nitrogens with one attached hydrogen (secondary N) is 2. The van der Waals surface area contributed by atoms with E-state index in [0.717, 1.165) is 16.0 Å². The van der Waals surface area contributed by atoms with E-state index in [0.29, 0.717) is 22.2 Å². The van der Waals surface area contributed by atoms with Crippen molar-refractivity contribution in [2.75, 3.05) is 12.4 Å². The van der Waals surface area contributed by atoms with E-state index >= 15 is 0 Å². The lowest BCUT2D eigenvalue weighted by Crippen LogP contribution is -2.28. The Morgan fingerprint density at radius 1 is 1.16 bits per heavy atom. The average Bonchev–Trinajstić information content (AvgIpc) is 3.30. The molecule has 0 amide bonds. The SMILES string of the molecule is COC(=O)c1c(-c2cccs2)csc1NC(=S)NCc1ccccc1. The monoisotopic (exact) mass is 388 g/mol. The molecule has 0 saturated carbocycles. The molecule has 0 aliphatic rings. The van der Waals surface area contributed by atoms with Crippen molar-refractivity contribution < 1.29 is 9.53 Å². The van der Waals surface area contributed by atoms with Crippen LogP contribution < -0.4 is 10.6 Å². The van der Waals surface area contributed by atoms with Crippen LogP contribution in [-0.2, 0) is 11.3 Å². The number of thiocarbonyl (C=S) groups is 1. The minimum atomic E-state index is -0.377. The van der Waals surface area contributed by atoms with Crippen LogP contribution in [0.5, 0.6) is 0 Å². The van der Waals surface area contributed by atoms with Gasteiger partial charge >= 0.3 is 5.97 Å². The largest absolute Gasteiger partial charge is 0.465 e. The zero-order valence-electron chi connectivity index (χ0n) is 13.4. The summed E-state index contributed by atoms with van der Waals surface area (Å²) < 4.78 is 4.95. The minimum absolute atomic E-state index is 0.377. The number of carbonyl (C=O) groups excluding carboxylic acids is 1. The molecule has 0 saturated heterocycles. The second-order valence-corrected chi connectivity index (χ2v) is 7.35. The molecule has 0 unspecified atom stereocenters. The van der Waals surface area contributed by atoms with Crippen LogP contribution in [0.2, 0.25) is 0 Å². The van der Waals surface area contributed by atoms with Gasteiger partial charge in [-0.3, -0.25) is 0 Å². The quantitative estimate of drug-likeness (QED) is 0.488. The highest BCUT2D eigenvalue weighted by Crippen LogP contribution is 2.38. The van der Waals surface area contributed by atoms with Crippen molar-refractivity contribution in [3.05, 3.63) is 64.4 Å². The van der Waals surface area contributed by atoms with Gasteiger partial charge in [0, 0.05) is 22.4 Å². The Hall–Kier alpha value is -2.22. The maximum atomic E-state index is 12.3. The summed E-state index contributed by atoms with van der Waals surface area (Å²) in [4.78, 5) is 13.3. The molecule has 4 nitrogen and oxygen atoms in total. The fraction of sp³-hybridized carbons (Fsp3) is 0.111. The molecule has 0 aliphatic carbocycles. The zero-order valence-corrected chi connectivity index (χ0v) is 15.9. The lowest BCUT2D eigenvalue weighted by Gasteiger charge is -2.11. The van der Waals surface area contributed by atoms with Gasteiger partial charge in [-0.15, -0.1) is 22.7 Å². The summed E-state index contributed by atoms with van der Waals surface area (Å²) in [5.74, 6) is -0.377. The van der Waals surface area contributed by atoms with Gasteiger partial charge in [0.15, 0.2) is 5.11 Å². The van der Waals surface area contributed by atoms with Crippen molar-refractivity contribution in [3.63, 3.8) is 0 Å². The van der Waals surface area contributed by atoms with Gasteiger partial charge in [-0.2, -0.15) is 0 Å². The third kappa shape index (κ3) is 4.25. The Labute approximate surface area is 159 Å². The number of rotatable bonds is 5. The molecule has 0 bridgehead atoms. The highest BCUT2D eigenvalue weighted by molar-refractivity contribution is 7.80. The van der Waals surface area contributed by atoms with Crippen LogP contribution in [0.15, 0.2) is 53.2 Å². The highest BCUT2D eigenvalue weighted by atomic mass is 32.1. The van der Waals surface area contributed by atoms with Crippen LogP contribution in [0.4, 0.5) is 5.00 Å². The highest BCUT2D eigenvalue weighted by Gasteiger charge is 2.22. The van der Waals surface area contributed by atoms with E-state index in [1.165, 1.54) is 18.4 Å². The summed E-state index contributed by atoms with van der Waals surface area (Å²) in [5.41, 5.74) is 2.50. The van der Waals surface area contributed by atoms with Gasteiger partial charge in [0.1, 0.15) is 10.6 Å². The molecule has 3 rings (SSSR count). The van der Waals surface area contributed by atoms with Crippen molar-refractivity contribution in [2.45, 2.75) is 6.54 Å². The second kappa shape index (κ2) is 8.24. The van der Waals surface area contributed by atoms with Gasteiger partial charge in [-0.25, -0.2) is 4.79 Å². The van der Waals surface area contributed by atoms with Gasteiger partial charge in [-0.05, 0) is 29.2 Å². The van der Waals surface area contributed by atoms with Gasteiger partial charge < -0.3 is 15.4 Å². The molecule has 2 aromatic heterocycles. The zero-order chi connectivity index (χ0) is 17.6. The molecule has 0 aliphatic heterocycles. The molecular formula is C18H16N2O2S3. The summed E-state index contributed by atoms with van der Waals surface area (Å²) in [6.45, 7) is 0.614. The van der Waals surface area contributed by atoms with E-state index in [1.54, 1.807) is 11.3 Å². The summed E-state index contributed by atoms with van der Waals surface area (Å²) in [7, 11) is 1.38. The maximum absolute atomic E-state index is 12.3. The Morgan fingerprint density at radius 2 is 1.96 bits per heavy atom. The van der Waals surface area contributed by atoms with E-state index in [1.807, 2.05) is 53.2 Å². The second-order valence-electron chi connectivity index (χ2n) is 5.12. The number of carbonyl (C=O) groups is 1. The number of hydrogen-bond donors (Lipinski definition) is 2. The van der Waals surface area contributed by atoms with Gasteiger partial charge in [-0.1, -0.05) is 36.4 Å². The van der Waals surface area contributed by atoms with E-state index in [2.05, 4.69) is 10.6 Å². The van der Waals surface area contributed by atoms with E-state index < -0.39 is 0 Å². The van der Waals surface area contributed by atoms with Crippen molar-refractivity contribution in [2.24, 2.45) is 0 Å². The molecule has 25 heavy (non-hydrogen) atoms. The van der Waals surface area contributed by atoms with Crippen LogP contribution in [0.3, 0.4) is 0 Å². The van der Waals surface area contributed by atoms with Crippen LogP contribution in [-0.4, -0.2) is 18.2 Å². The third-order valence-electron chi connectivity index (χ3n) is 3.49. The molecule has 1 aromatic carbocycles. The fourth-order valence-corrected chi connectivity index (χ4v) is 4.31. The van der Waals surface area contributed by atoms with Crippen molar-refractivity contribution in [3.8, 4) is 10.4 Å². The predicted molar refractivity (Wildman–Crippen MR) is 108 cm³/mol. The van der Waals surface area contributed by atoms with Crippen LogP contribution >= 0.6 is 34.9 Å². The molecule has 7 heteroatoms. The maximum Gasteiger partial charge on any atom is 0.341 e. The summed E-state index contributed by atoms with van der Waals surface area (Å²) in [6.07, 6.45) is 0. The normalized spacial score (nSPS) is 10.3. The Kier molecular flexibility index (Phi) is 5.80. The Morgan fingerprint density at radius 3 is 2.64 bits per heavy atom. The molecule has 2 heterocycles. The molecule has 0 atom stereocenters. The third-order valence-corrected chi connectivity index (χ3v) is 5.54. The Balaban J connectivity index is 1.75. The van der Waals surface area contributed by atoms with Crippen molar-refractivity contribution in [1.29, 1.82) is 0 Å². The molecule has 3 aromatic rings. The molecule has 2 N–H and O–H groups in total. The van der Waals surface area contributed by atoms with Gasteiger partial charge in [0.2, 0.25) is 0 Å². The number of esters is 1. The van der Waals surface area contributed by atoms with Crippen LogP contribution in [0, 0.1) is 0 Å². The molecule has 0 fully saturated rings. The number of thiophene rings is 2. The molecule has 0 radical (unpaired) electrons. The summed E-state index contributed by atoms with van der Waals surface area (Å²) in [5, 5.41) is 11.3. The lowest BCUT2D eigenvalue weighted by atomic mass is 10.1. The first-order valence-electron chi connectivity index (χ1n) is 7.51. The summed E-state index contributed by atoms with van der Waals surface area (Å²) >= 11 is 8.38. The first kappa shape index (κ1) is 17.6. The first-order valence-corrected chi connectivity index (χ1v) is 9.68. The van der Waals surface area contributed by atoms with E-state index in [-0.39, 0.29) is 5.97 Å². The topological polar surface area (TPSA) is 50.4 Å². The molecule has 0 spiro atoms. The average molecular weight is 389 g/mol. The molecular weight excluding hydrogens is 372 g/mol. The summed E-state index contributed by atoms with van der Waals surface area (Å²) in [6, 6.07) is 13.9. The number of methoxy groups -OCH3 is 1. The van der Waals surface area contributed by atoms with E-state index in [9.17, 15) is 4.79 Å². The van der Waals surface area contributed by atoms with Crippen LogP contribution in [0.1, 0.15) is 15.9 Å². The Bertz CT molecular complexity index is 858. The molecule has 128 valence electrons. The number of hydrogen-bond acceptors (Lipinski definition) is 5. The standard InChI is InChI=1S/C18H16N2O2S3/c1-22-17(21)15-13(14-8-5-9-24-14)11-25-16(15)20-18(23)19-10-12-6-3-2-4-7-12/h2-9,11H,10H2,1H3,(H2,19,20,23). The van der Waals surface area contributed by atoms with Crippen molar-refractivity contribution >= 4 is 51.0 Å². The minimum Gasteiger partial charge on any atom is -0.465 e. The van der Waals surface area contributed by atoms with E-state index in [4.69, 9.17) is 17.0 Å². The first-order chi connectivity index (χ1) is 12.2.